The lowest BCUT2D eigenvalue weighted by Crippen LogP contribution is -2.05. The summed E-state index contributed by atoms with van der Waals surface area (Å²) in [4.78, 5) is 0. The molecule has 12 heteroatoms. The first-order chi connectivity index (χ1) is 8.46. The molecular weight excluding hydrogens is 309 g/mol. The maximum Gasteiger partial charge on any atom is 0.788 e. The van der Waals surface area contributed by atoms with Gasteiger partial charge >= 0.3 is 24.6 Å². The van der Waals surface area contributed by atoms with E-state index in [4.69, 9.17) is 35.8 Å². The van der Waals surface area contributed by atoms with Gasteiger partial charge in [0, 0.05) is 4.57 Å². The molecule has 0 aromatic carbocycles. The normalized spacial score (nSPS) is 12.8. The van der Waals surface area contributed by atoms with Crippen molar-refractivity contribution >= 4 is 24.6 Å². The van der Waals surface area contributed by atoms with E-state index in [9.17, 15) is 4.57 Å². The van der Waals surface area contributed by atoms with Crippen molar-refractivity contribution in [3.05, 3.63) is 0 Å². The van der Waals surface area contributed by atoms with Crippen LogP contribution in [0.15, 0.2) is 0 Å². The first kappa shape index (κ1) is 18.6. The summed E-state index contributed by atoms with van der Waals surface area (Å²) in [5.41, 5.74) is 0. The monoisotopic (exact) mass is 327 g/mol. The number of rotatable bonds is 10. The zero-order chi connectivity index (χ0) is 14.2. The second kappa shape index (κ2) is 8.74. The number of hydrogen-bond donors (Lipinski definition) is 0. The van der Waals surface area contributed by atoms with Crippen molar-refractivity contribution in [3.8, 4) is 0 Å². The second-order valence-corrected chi connectivity index (χ2v) is 8.11. The summed E-state index contributed by atoms with van der Waals surface area (Å²) < 4.78 is 51.0. The Labute approximate surface area is 108 Å². The van der Waals surface area contributed by atoms with Gasteiger partial charge in [-0.15, -0.1) is 0 Å². The highest BCUT2D eigenvalue weighted by atomic mass is 31.3. The molecule has 0 aromatic heterocycles. The van der Waals surface area contributed by atoms with Gasteiger partial charge in [-0.3, -0.25) is 0 Å². The molecule has 0 aliphatic carbocycles. The molecule has 0 unspecified atom stereocenters. The summed E-state index contributed by atoms with van der Waals surface area (Å²) in [6.07, 6.45) is 0. The van der Waals surface area contributed by atoms with Gasteiger partial charge in [0.05, 0.1) is 42.7 Å². The predicted molar refractivity (Wildman–Crippen MR) is 65.7 cm³/mol. The van der Waals surface area contributed by atoms with Crippen LogP contribution in [0.1, 0.15) is 0 Å². The minimum atomic E-state index is -3.17. The van der Waals surface area contributed by atoms with Crippen molar-refractivity contribution in [2.24, 2.45) is 0 Å². The molecule has 0 aliphatic heterocycles. The van der Waals surface area contributed by atoms with E-state index in [1.165, 1.54) is 42.7 Å². The summed E-state index contributed by atoms with van der Waals surface area (Å²) in [5, 5.41) is 0. The van der Waals surface area contributed by atoms with Crippen LogP contribution in [-0.4, -0.2) is 42.7 Å². The predicted octanol–water partition coefficient (Wildman–Crippen LogP) is 2.91. The topological polar surface area (TPSA) is 90.9 Å². The molecule has 0 amide bonds. The van der Waals surface area contributed by atoms with Crippen molar-refractivity contribution in [3.63, 3.8) is 0 Å². The molecule has 0 saturated carbocycles. The standard InChI is InChI=1S/C6H18O9P3/c1-8-17(9-2,10-3)14-16(7)15-18(11-4,12-5)13-6/h1-6H3/q+3. The minimum Gasteiger partial charge on any atom is -0.153 e. The molecule has 0 radical (unpaired) electrons. The van der Waals surface area contributed by atoms with Gasteiger partial charge in [-0.25, -0.2) is 0 Å². The van der Waals surface area contributed by atoms with Crippen LogP contribution in [0.3, 0.4) is 0 Å². The minimum absolute atomic E-state index is 1.29. The van der Waals surface area contributed by atoms with Crippen LogP contribution in [0.2, 0.25) is 0 Å². The van der Waals surface area contributed by atoms with Gasteiger partial charge in [0.1, 0.15) is 8.62 Å². The van der Waals surface area contributed by atoms with E-state index < -0.39 is 24.6 Å². The van der Waals surface area contributed by atoms with Gasteiger partial charge in [-0.1, -0.05) is 0 Å². The van der Waals surface area contributed by atoms with E-state index in [2.05, 4.69) is 0 Å². The van der Waals surface area contributed by atoms with Gasteiger partial charge in [0.15, 0.2) is 0 Å². The Morgan fingerprint density at radius 2 is 0.833 bits per heavy atom. The maximum atomic E-state index is 11.7. The SMILES string of the molecule is CO[P+](OC)(OC)O[P+](=O)O[P+](OC)(OC)OC. The van der Waals surface area contributed by atoms with Crippen LogP contribution in [-0.2, 0) is 40.3 Å². The lowest BCUT2D eigenvalue weighted by atomic mass is 11.8. The molecule has 0 fully saturated rings. The van der Waals surface area contributed by atoms with E-state index in [0.717, 1.165) is 0 Å². The summed E-state index contributed by atoms with van der Waals surface area (Å²) >= 11 is 0. The Balaban J connectivity index is 4.67. The Morgan fingerprint density at radius 3 is 1.00 bits per heavy atom. The molecule has 0 bridgehead atoms. The first-order valence-electron chi connectivity index (χ1n) is 4.46. The van der Waals surface area contributed by atoms with E-state index in [-0.39, 0.29) is 0 Å². The van der Waals surface area contributed by atoms with E-state index in [0.29, 0.717) is 0 Å². The lowest BCUT2D eigenvalue weighted by Gasteiger charge is -2.09. The fourth-order valence-electron chi connectivity index (χ4n) is 0.825. The van der Waals surface area contributed by atoms with Crippen LogP contribution in [0, 0.1) is 0 Å². The van der Waals surface area contributed by atoms with Gasteiger partial charge in [-0.05, 0) is 0 Å². The Bertz CT molecular complexity index is 214. The molecule has 0 N–H and O–H groups in total. The summed E-state index contributed by atoms with van der Waals surface area (Å²) in [7, 11) is -1.31. The quantitative estimate of drug-likeness (QED) is 0.562. The van der Waals surface area contributed by atoms with Crippen LogP contribution in [0.4, 0.5) is 0 Å². The third-order valence-electron chi connectivity index (χ3n) is 1.67. The molecule has 0 aliphatic rings. The van der Waals surface area contributed by atoms with Crippen LogP contribution in [0.5, 0.6) is 0 Å². The third-order valence-corrected chi connectivity index (χ3v) is 7.02. The van der Waals surface area contributed by atoms with Gasteiger partial charge in [0.2, 0.25) is 0 Å². The Hall–Kier alpha value is 0.640. The summed E-state index contributed by atoms with van der Waals surface area (Å²) in [6.45, 7) is 0. The van der Waals surface area contributed by atoms with E-state index in [1.807, 2.05) is 0 Å². The summed E-state index contributed by atoms with van der Waals surface area (Å²) in [5.74, 6) is 0. The average Bonchev–Trinajstić information content (AvgIpc) is 2.42. The largest absolute Gasteiger partial charge is 0.788 e. The van der Waals surface area contributed by atoms with Crippen molar-refractivity contribution in [2.45, 2.75) is 0 Å². The molecule has 0 atom stereocenters. The zero-order valence-electron chi connectivity index (χ0n) is 11.0. The molecule has 0 rings (SSSR count). The molecular formula is C6H18O9P3+3. The lowest BCUT2D eigenvalue weighted by molar-refractivity contribution is 0.128. The van der Waals surface area contributed by atoms with Crippen molar-refractivity contribution in [1.29, 1.82) is 0 Å². The fraction of sp³-hybridized carbons (Fsp3) is 1.00. The average molecular weight is 327 g/mol. The van der Waals surface area contributed by atoms with Crippen molar-refractivity contribution in [2.75, 3.05) is 42.7 Å². The molecule has 9 nitrogen and oxygen atoms in total. The molecule has 18 heavy (non-hydrogen) atoms. The molecule has 0 aromatic rings. The second-order valence-electron chi connectivity index (χ2n) is 2.38. The molecule has 0 saturated heterocycles. The highest BCUT2D eigenvalue weighted by molar-refractivity contribution is 7.67. The van der Waals surface area contributed by atoms with E-state index >= 15 is 0 Å². The fourth-order valence-corrected chi connectivity index (χ4v) is 5.01. The van der Waals surface area contributed by atoms with Crippen molar-refractivity contribution in [1.82, 2.24) is 0 Å². The van der Waals surface area contributed by atoms with Gasteiger partial charge < -0.3 is 0 Å². The molecule has 0 spiro atoms. The summed E-state index contributed by atoms with van der Waals surface area (Å²) in [6, 6.07) is 0. The zero-order valence-corrected chi connectivity index (χ0v) is 13.7. The molecule has 0 heterocycles. The Morgan fingerprint density at radius 1 is 0.611 bits per heavy atom. The Kier molecular flexibility index (Phi) is 9.05. The smallest absolute Gasteiger partial charge is 0.153 e. The third kappa shape index (κ3) is 4.96. The first-order valence-corrected chi connectivity index (χ1v) is 8.47. The van der Waals surface area contributed by atoms with Crippen molar-refractivity contribution < 1.29 is 40.3 Å². The maximum absolute atomic E-state index is 11.7. The highest BCUT2D eigenvalue weighted by Gasteiger charge is 2.65. The van der Waals surface area contributed by atoms with Crippen LogP contribution in [0.25, 0.3) is 0 Å². The number of hydrogen-bond acceptors (Lipinski definition) is 9. The van der Waals surface area contributed by atoms with Crippen LogP contribution >= 0.6 is 24.6 Å². The van der Waals surface area contributed by atoms with E-state index in [1.54, 1.807) is 0 Å². The van der Waals surface area contributed by atoms with Gasteiger partial charge in [-0.2, -0.15) is 27.1 Å². The van der Waals surface area contributed by atoms with Gasteiger partial charge in [0.25, 0.3) is 0 Å². The van der Waals surface area contributed by atoms with Crippen LogP contribution < -0.4 is 0 Å². The molecule has 108 valence electrons. The highest BCUT2D eigenvalue weighted by Crippen LogP contribution is 2.73.